The summed E-state index contributed by atoms with van der Waals surface area (Å²) in [7, 11) is 1.36. The van der Waals surface area contributed by atoms with E-state index in [0.717, 1.165) is 5.75 Å². The smallest absolute Gasteiger partial charge is 0.313 e. The Morgan fingerprint density at radius 1 is 1.52 bits per heavy atom. The fraction of sp³-hybridized carbons (Fsp3) is 0.429. The summed E-state index contributed by atoms with van der Waals surface area (Å²) in [5.41, 5.74) is 0.198. The predicted octanol–water partition coefficient (Wildman–Crippen LogP) is 1.86. The molecule has 0 aromatic heterocycles. The lowest BCUT2D eigenvalue weighted by Gasteiger charge is -2.06. The van der Waals surface area contributed by atoms with E-state index in [4.69, 9.17) is 16.3 Å². The van der Waals surface area contributed by atoms with Gasteiger partial charge in [-0.15, -0.1) is 0 Å². The normalized spacial score (nSPS) is 21.1. The molecule has 0 radical (unpaired) electrons. The third kappa shape index (κ3) is 4.11. The van der Waals surface area contributed by atoms with Gasteiger partial charge in [-0.3, -0.25) is 9.59 Å². The van der Waals surface area contributed by atoms with Gasteiger partial charge in [0.25, 0.3) is 5.91 Å². The molecule has 21 heavy (non-hydrogen) atoms. The molecule has 2 atom stereocenters. The molecule has 2 rings (SSSR count). The van der Waals surface area contributed by atoms with Crippen LogP contribution in [0.4, 0.5) is 4.39 Å². The van der Waals surface area contributed by atoms with Gasteiger partial charge in [0.1, 0.15) is 34.3 Å². The van der Waals surface area contributed by atoms with E-state index in [1.165, 1.54) is 19.2 Å². The molecule has 1 amide bonds. The summed E-state index contributed by atoms with van der Waals surface area (Å²) in [6.45, 7) is 0. The number of methoxy groups -OCH3 is 1. The number of amides is 1. The predicted molar refractivity (Wildman–Crippen MR) is 80.5 cm³/mol. The Hall–Kier alpha value is -1.27. The average Bonchev–Trinajstić information content (AvgIpc) is 2.90. The molecule has 0 aliphatic carbocycles. The van der Waals surface area contributed by atoms with Gasteiger partial charge in [-0.2, -0.15) is 4.72 Å². The highest BCUT2D eigenvalue weighted by Crippen LogP contribution is 2.22. The first kappa shape index (κ1) is 16.1. The van der Waals surface area contributed by atoms with E-state index >= 15 is 0 Å². The fourth-order valence-electron chi connectivity index (χ4n) is 2.20. The molecule has 1 aliphatic heterocycles. The first-order chi connectivity index (χ1) is 10.0. The Morgan fingerprint density at radius 3 is 2.95 bits per heavy atom. The highest BCUT2D eigenvalue weighted by Gasteiger charge is 2.39. The number of esters is 1. The van der Waals surface area contributed by atoms with Crippen molar-refractivity contribution in [1.82, 2.24) is 4.72 Å². The second-order valence-corrected chi connectivity index (χ2v) is 7.11. The van der Waals surface area contributed by atoms with E-state index in [9.17, 15) is 14.0 Å². The van der Waals surface area contributed by atoms with Gasteiger partial charge in [0.2, 0.25) is 0 Å². The molecule has 1 aromatic rings. The van der Waals surface area contributed by atoms with Gasteiger partial charge in [-0.25, -0.2) is 4.39 Å². The highest BCUT2D eigenvalue weighted by molar-refractivity contribution is 7.95. The third-order valence-electron chi connectivity index (χ3n) is 3.31. The first-order valence-electron chi connectivity index (χ1n) is 6.49. The van der Waals surface area contributed by atoms with E-state index in [0.29, 0.717) is 12.2 Å². The molecule has 1 aromatic carbocycles. The van der Waals surface area contributed by atoms with Crippen LogP contribution < -0.4 is 4.72 Å². The van der Waals surface area contributed by atoms with Gasteiger partial charge in [0.05, 0.1) is 13.5 Å². The van der Waals surface area contributed by atoms with Gasteiger partial charge in [0, 0.05) is 17.0 Å². The molecular weight excluding hydrogens is 317 g/mol. The van der Waals surface area contributed by atoms with E-state index in [-0.39, 0.29) is 45.9 Å². The van der Waals surface area contributed by atoms with E-state index in [1.807, 2.05) is 0 Å². The summed E-state index contributed by atoms with van der Waals surface area (Å²) in [5.74, 6) is 0.169. The topological polar surface area (TPSA) is 55.4 Å². The van der Waals surface area contributed by atoms with Crippen molar-refractivity contribution in [3.8, 4) is 0 Å². The molecule has 114 valence electrons. The Labute approximate surface area is 130 Å². The van der Waals surface area contributed by atoms with Gasteiger partial charge in [-0.1, -0.05) is 17.7 Å². The number of carbonyl (C=O) groups excluding carboxylic acids is 2. The van der Waals surface area contributed by atoms with Crippen molar-refractivity contribution in [1.29, 1.82) is 0 Å². The number of rotatable bonds is 4. The maximum atomic E-state index is 13.6. The number of carbonyl (C=O) groups is 2. The zero-order valence-electron chi connectivity index (χ0n) is 11.5. The fourth-order valence-corrected chi connectivity index (χ4v) is 4.53. The third-order valence-corrected chi connectivity index (χ3v) is 5.71. The van der Waals surface area contributed by atoms with Gasteiger partial charge in [0.15, 0.2) is 0 Å². The minimum atomic E-state index is -0.486. The largest absolute Gasteiger partial charge is 0.469 e. The summed E-state index contributed by atoms with van der Waals surface area (Å²) in [6, 6.07) is 4.33. The molecular formula is C14H16ClFNO3S+. The van der Waals surface area contributed by atoms with Crippen molar-refractivity contribution in [3.05, 3.63) is 34.6 Å². The zero-order valence-corrected chi connectivity index (χ0v) is 13.1. The van der Waals surface area contributed by atoms with Crippen molar-refractivity contribution in [2.45, 2.75) is 12.8 Å². The van der Waals surface area contributed by atoms with Crippen molar-refractivity contribution in [2.75, 3.05) is 18.6 Å². The van der Waals surface area contributed by atoms with E-state index in [1.54, 1.807) is 6.07 Å². The first-order valence-corrected chi connectivity index (χ1v) is 8.43. The van der Waals surface area contributed by atoms with Crippen LogP contribution in [0.1, 0.15) is 12.0 Å². The minimum absolute atomic E-state index is 0.0993. The lowest BCUT2D eigenvalue weighted by atomic mass is 10.1. The molecule has 1 N–H and O–H groups in total. The van der Waals surface area contributed by atoms with Crippen LogP contribution in [0, 0.1) is 11.7 Å². The molecule has 0 saturated carbocycles. The second kappa shape index (κ2) is 7.13. The monoisotopic (exact) mass is 332 g/mol. The van der Waals surface area contributed by atoms with Crippen LogP contribution in [-0.4, -0.2) is 30.5 Å². The quantitative estimate of drug-likeness (QED) is 0.676. The number of nitrogens with one attached hydrogen (secondary N) is 1. The number of hydrogen-bond donors (Lipinski definition) is 1. The van der Waals surface area contributed by atoms with Gasteiger partial charge < -0.3 is 4.74 Å². The van der Waals surface area contributed by atoms with Crippen LogP contribution >= 0.6 is 11.6 Å². The van der Waals surface area contributed by atoms with Crippen molar-refractivity contribution >= 4 is 34.6 Å². The molecule has 4 nitrogen and oxygen atoms in total. The van der Waals surface area contributed by atoms with Gasteiger partial charge >= 0.3 is 5.97 Å². The molecule has 7 heteroatoms. The Balaban J connectivity index is 1.90. The highest BCUT2D eigenvalue weighted by atomic mass is 35.5. The molecule has 2 unspecified atom stereocenters. The van der Waals surface area contributed by atoms with E-state index < -0.39 is 5.82 Å². The Bertz CT molecular complexity index is 535. The lowest BCUT2D eigenvalue weighted by Crippen LogP contribution is -2.34. The summed E-state index contributed by atoms with van der Waals surface area (Å²) in [5, 5.41) is 0.243. The molecule has 1 aliphatic rings. The summed E-state index contributed by atoms with van der Waals surface area (Å²) in [6.07, 6.45) is 0.606. The SMILES string of the molecule is COC(=O)C1CC[S+](NC(=O)Cc2c(F)cccc2Cl)C1. The van der Waals surface area contributed by atoms with Crippen LogP contribution in [0.15, 0.2) is 18.2 Å². The van der Waals surface area contributed by atoms with Crippen molar-refractivity contribution in [2.24, 2.45) is 5.92 Å². The maximum Gasteiger partial charge on any atom is 0.313 e. The lowest BCUT2D eigenvalue weighted by molar-refractivity contribution is -0.144. The van der Waals surface area contributed by atoms with Crippen LogP contribution in [0.3, 0.4) is 0 Å². The van der Waals surface area contributed by atoms with Crippen LogP contribution in [0.5, 0.6) is 0 Å². The summed E-state index contributed by atoms with van der Waals surface area (Å²) < 4.78 is 21.2. The molecule has 0 spiro atoms. The minimum Gasteiger partial charge on any atom is -0.469 e. The molecule has 0 bridgehead atoms. The Kier molecular flexibility index (Phi) is 5.47. The molecule has 1 saturated heterocycles. The van der Waals surface area contributed by atoms with Crippen LogP contribution in [0.2, 0.25) is 5.02 Å². The van der Waals surface area contributed by atoms with Crippen LogP contribution in [-0.2, 0) is 31.8 Å². The van der Waals surface area contributed by atoms with Gasteiger partial charge in [-0.05, 0) is 12.1 Å². The average molecular weight is 333 g/mol. The second-order valence-electron chi connectivity index (χ2n) is 4.77. The Morgan fingerprint density at radius 2 is 2.29 bits per heavy atom. The summed E-state index contributed by atoms with van der Waals surface area (Å²) >= 11 is 5.53. The van der Waals surface area contributed by atoms with E-state index in [2.05, 4.69) is 4.72 Å². The number of ether oxygens (including phenoxy) is 1. The molecule has 1 heterocycles. The van der Waals surface area contributed by atoms with Crippen LogP contribution in [0.25, 0.3) is 0 Å². The van der Waals surface area contributed by atoms with Crippen molar-refractivity contribution in [3.63, 3.8) is 0 Å². The number of benzene rings is 1. The summed E-state index contributed by atoms with van der Waals surface area (Å²) in [4.78, 5) is 23.4. The number of halogens is 2. The molecule has 1 fully saturated rings. The van der Waals surface area contributed by atoms with Crippen molar-refractivity contribution < 1.29 is 18.7 Å². The maximum absolute atomic E-state index is 13.6. The standard InChI is InChI=1S/C14H15ClFNO3S/c1-20-14(19)9-5-6-21(8-9)17-13(18)7-10-11(15)3-2-4-12(10)16/h2-4,9H,5-8H2,1H3/p+1. The number of hydrogen-bond acceptors (Lipinski definition) is 3. The zero-order chi connectivity index (χ0) is 15.4.